The van der Waals surface area contributed by atoms with Crippen LogP contribution >= 0.6 is 11.7 Å². The van der Waals surface area contributed by atoms with Gasteiger partial charge in [0.2, 0.25) is 6.20 Å². The van der Waals surface area contributed by atoms with E-state index in [1.807, 2.05) is 13.2 Å². The fourth-order valence-electron chi connectivity index (χ4n) is 2.09. The average Bonchev–Trinajstić information content (AvgIpc) is 2.85. The first-order chi connectivity index (χ1) is 9.63. The van der Waals surface area contributed by atoms with E-state index < -0.39 is 0 Å². The number of hydrogen-bond donors (Lipinski definition) is 1. The highest BCUT2D eigenvalue weighted by Gasteiger charge is 2.18. The molecule has 1 N–H and O–H groups in total. The van der Waals surface area contributed by atoms with E-state index in [9.17, 15) is 5.11 Å². The fraction of sp³-hybridized carbons (Fsp3) is 0.500. The van der Waals surface area contributed by atoms with Crippen molar-refractivity contribution < 1.29 is 14.4 Å². The topological polar surface area (TPSA) is 59.1 Å². The van der Waals surface area contributed by atoms with E-state index in [0.29, 0.717) is 11.6 Å². The van der Waals surface area contributed by atoms with Crippen molar-refractivity contribution in [2.75, 3.05) is 0 Å². The average molecular weight is 294 g/mol. The first-order valence-electron chi connectivity index (χ1n) is 6.82. The first kappa shape index (κ1) is 14.7. The van der Waals surface area contributed by atoms with E-state index in [0.717, 1.165) is 36.6 Å². The maximum atomic E-state index is 9.69. The van der Waals surface area contributed by atoms with Gasteiger partial charge in [-0.2, -0.15) is 4.37 Å². The maximum absolute atomic E-state index is 9.69. The Morgan fingerprint density at radius 2 is 2.15 bits per heavy atom. The van der Waals surface area contributed by atoms with Gasteiger partial charge in [-0.25, -0.2) is 4.57 Å². The molecule has 0 aliphatic heterocycles. The second-order valence-electron chi connectivity index (χ2n) is 4.80. The molecule has 0 spiro atoms. The van der Waals surface area contributed by atoms with Crippen LogP contribution < -0.4 is 9.30 Å². The highest BCUT2D eigenvalue weighted by atomic mass is 32.1. The standard InChI is InChI=1S/C14H19N3O2S/c1-4-6-12(5-2)19-14-13(15-20-16-14)10-7-11(18)9-17(3)8-10/h7-9,12H,4-6H2,1-3H3/p+1. The number of aromatic nitrogens is 3. The summed E-state index contributed by atoms with van der Waals surface area (Å²) in [7, 11) is 1.86. The van der Waals surface area contributed by atoms with Crippen molar-refractivity contribution in [2.45, 2.75) is 39.2 Å². The highest BCUT2D eigenvalue weighted by molar-refractivity contribution is 6.99. The summed E-state index contributed by atoms with van der Waals surface area (Å²) in [5, 5.41) is 9.69. The van der Waals surface area contributed by atoms with Gasteiger partial charge in [-0.05, 0) is 12.8 Å². The van der Waals surface area contributed by atoms with Crippen LogP contribution in [0.1, 0.15) is 33.1 Å². The lowest BCUT2D eigenvalue weighted by molar-refractivity contribution is -0.671. The molecule has 1 atom stereocenters. The van der Waals surface area contributed by atoms with E-state index in [2.05, 4.69) is 22.6 Å². The van der Waals surface area contributed by atoms with Gasteiger partial charge in [0.25, 0.3) is 5.88 Å². The van der Waals surface area contributed by atoms with Crippen molar-refractivity contribution in [3.8, 4) is 22.9 Å². The van der Waals surface area contributed by atoms with Gasteiger partial charge in [-0.3, -0.25) is 0 Å². The smallest absolute Gasteiger partial charge is 0.254 e. The molecule has 0 aliphatic rings. The third-order valence-electron chi connectivity index (χ3n) is 3.06. The molecule has 0 fully saturated rings. The molecule has 1 unspecified atom stereocenters. The number of nitrogens with zero attached hydrogens (tertiary/aromatic N) is 3. The lowest BCUT2D eigenvalue weighted by atomic mass is 10.1. The Morgan fingerprint density at radius 1 is 1.35 bits per heavy atom. The van der Waals surface area contributed by atoms with Gasteiger partial charge in [0.15, 0.2) is 17.6 Å². The fourth-order valence-corrected chi connectivity index (χ4v) is 2.60. The minimum absolute atomic E-state index is 0.161. The van der Waals surface area contributed by atoms with E-state index in [4.69, 9.17) is 4.74 Å². The second-order valence-corrected chi connectivity index (χ2v) is 5.33. The van der Waals surface area contributed by atoms with Crippen LogP contribution in [0.4, 0.5) is 0 Å². The molecule has 2 heterocycles. The zero-order valence-electron chi connectivity index (χ0n) is 12.0. The minimum atomic E-state index is 0.161. The molecule has 0 amide bonds. The van der Waals surface area contributed by atoms with E-state index >= 15 is 0 Å². The van der Waals surface area contributed by atoms with Crippen LogP contribution in [0.2, 0.25) is 0 Å². The SMILES string of the molecule is CCCC(CC)Oc1nsnc1-c1cc(O)c[n+](C)c1. The minimum Gasteiger partial charge on any atom is -0.503 e. The summed E-state index contributed by atoms with van der Waals surface area (Å²) in [4.78, 5) is 0. The van der Waals surface area contributed by atoms with Gasteiger partial charge in [0.1, 0.15) is 13.2 Å². The van der Waals surface area contributed by atoms with Gasteiger partial charge >= 0.3 is 0 Å². The van der Waals surface area contributed by atoms with Gasteiger partial charge in [-0.15, -0.1) is 4.37 Å². The van der Waals surface area contributed by atoms with E-state index in [1.165, 1.54) is 0 Å². The predicted molar refractivity (Wildman–Crippen MR) is 77.8 cm³/mol. The largest absolute Gasteiger partial charge is 0.503 e. The molecule has 6 heteroatoms. The summed E-state index contributed by atoms with van der Waals surface area (Å²) in [5.41, 5.74) is 1.50. The van der Waals surface area contributed by atoms with Crippen LogP contribution in [0.5, 0.6) is 11.6 Å². The van der Waals surface area contributed by atoms with Crippen LogP contribution in [0.15, 0.2) is 18.5 Å². The van der Waals surface area contributed by atoms with Crippen molar-refractivity contribution in [3.63, 3.8) is 0 Å². The van der Waals surface area contributed by atoms with Crippen LogP contribution in [-0.4, -0.2) is 20.0 Å². The monoisotopic (exact) mass is 294 g/mol. The van der Waals surface area contributed by atoms with Crippen molar-refractivity contribution in [3.05, 3.63) is 18.5 Å². The number of rotatable bonds is 6. The normalized spacial score (nSPS) is 12.3. The van der Waals surface area contributed by atoms with Crippen molar-refractivity contribution in [2.24, 2.45) is 7.05 Å². The Hall–Kier alpha value is -1.69. The molecule has 5 nitrogen and oxygen atoms in total. The van der Waals surface area contributed by atoms with E-state index in [1.54, 1.807) is 16.8 Å². The lowest BCUT2D eigenvalue weighted by Gasteiger charge is -2.15. The maximum Gasteiger partial charge on any atom is 0.254 e. The van der Waals surface area contributed by atoms with Gasteiger partial charge in [0.05, 0.1) is 17.3 Å². The lowest BCUT2D eigenvalue weighted by Crippen LogP contribution is -2.26. The summed E-state index contributed by atoms with van der Waals surface area (Å²) in [5.74, 6) is 0.755. The summed E-state index contributed by atoms with van der Waals surface area (Å²) in [6.45, 7) is 4.25. The molecule has 2 aromatic rings. The van der Waals surface area contributed by atoms with Crippen molar-refractivity contribution in [1.29, 1.82) is 0 Å². The van der Waals surface area contributed by atoms with Crippen LogP contribution in [-0.2, 0) is 7.05 Å². The van der Waals surface area contributed by atoms with Crippen LogP contribution in [0, 0.1) is 0 Å². The van der Waals surface area contributed by atoms with Crippen LogP contribution in [0.3, 0.4) is 0 Å². The van der Waals surface area contributed by atoms with Crippen molar-refractivity contribution in [1.82, 2.24) is 8.75 Å². The van der Waals surface area contributed by atoms with Gasteiger partial charge in [-0.1, -0.05) is 20.3 Å². The molecule has 108 valence electrons. The van der Waals surface area contributed by atoms with Crippen LogP contribution in [0.25, 0.3) is 11.3 Å². The molecule has 0 aromatic carbocycles. The molecule has 20 heavy (non-hydrogen) atoms. The van der Waals surface area contributed by atoms with Gasteiger partial charge < -0.3 is 9.84 Å². The Bertz CT molecular complexity index is 551. The zero-order chi connectivity index (χ0) is 14.5. The Labute approximate surface area is 123 Å². The Kier molecular flexibility index (Phi) is 4.89. The van der Waals surface area contributed by atoms with Gasteiger partial charge in [0, 0.05) is 6.07 Å². The molecule has 0 saturated carbocycles. The summed E-state index contributed by atoms with van der Waals surface area (Å²) in [6.07, 6.45) is 6.71. The predicted octanol–water partition coefficient (Wildman–Crippen LogP) is 2.69. The molecule has 2 aromatic heterocycles. The number of ether oxygens (including phenoxy) is 1. The van der Waals surface area contributed by atoms with Crippen molar-refractivity contribution >= 4 is 11.7 Å². The first-order valence-corrected chi connectivity index (χ1v) is 7.56. The molecular weight excluding hydrogens is 274 g/mol. The number of aryl methyl sites for hydroxylation is 1. The Balaban J connectivity index is 2.27. The number of hydrogen-bond acceptors (Lipinski definition) is 5. The molecule has 0 saturated heterocycles. The third-order valence-corrected chi connectivity index (χ3v) is 3.57. The third kappa shape index (κ3) is 3.45. The quantitative estimate of drug-likeness (QED) is 0.832. The Morgan fingerprint density at radius 3 is 2.80 bits per heavy atom. The summed E-state index contributed by atoms with van der Waals surface area (Å²) in [6, 6.07) is 1.67. The second kappa shape index (κ2) is 6.65. The molecule has 0 radical (unpaired) electrons. The summed E-state index contributed by atoms with van der Waals surface area (Å²) < 4.78 is 16.3. The summed E-state index contributed by atoms with van der Waals surface area (Å²) >= 11 is 1.13. The number of aromatic hydroxyl groups is 1. The molecule has 0 bridgehead atoms. The molecule has 0 aliphatic carbocycles. The molecular formula is C14H20N3O2S+. The van der Waals surface area contributed by atoms with E-state index in [-0.39, 0.29) is 11.9 Å². The number of pyridine rings is 1. The highest BCUT2D eigenvalue weighted by Crippen LogP contribution is 2.30. The molecule has 2 rings (SSSR count). The zero-order valence-corrected chi connectivity index (χ0v) is 12.9.